The van der Waals surface area contributed by atoms with Gasteiger partial charge in [0, 0.05) is 12.8 Å². The number of hydrogen-bond acceptors (Lipinski definition) is 7. The van der Waals surface area contributed by atoms with E-state index in [-0.39, 0.29) is 32.7 Å². The molecule has 0 saturated carbocycles. The average molecular weight is 1020 g/mol. The second kappa shape index (κ2) is 54.0. The standard InChI is InChI=1S/C64H105NO8/c1-6-8-10-12-14-16-18-20-21-22-23-24-25-26-27-28-29-30-31-32-33-34-35-36-37-38-39-40-41-43-45-47-49-51-53-55-62(67)73-60(59-72-64(63(68)69)70-57-56-65(3,4)5)58-71-61(66)54-52-50-48-46-44-42-19-17-15-13-11-9-7-2/h8-11,14-17,20-21,23-24,26-27,29-30,42,44,48,50,60,64H,6-7,12-13,18-19,22,25,28,31-41,43,45-47,49,51-59H2,1-5H3/p+1/b10-8-,11-9-,16-14-,17-15-,21-20-,24-23-,27-26-,30-29-,44-42-,50-48-. The zero-order chi connectivity index (χ0) is 53.4. The van der Waals surface area contributed by atoms with Crippen LogP contribution >= 0.6 is 0 Å². The molecule has 2 atom stereocenters. The lowest BCUT2D eigenvalue weighted by molar-refractivity contribution is -0.870. The number of likely N-dealkylation sites (N-methyl/N-ethyl adjacent to an activating group) is 1. The molecule has 0 aliphatic carbocycles. The van der Waals surface area contributed by atoms with E-state index in [1.165, 1.54) is 83.5 Å². The molecular weight excluding hydrogens is 911 g/mol. The van der Waals surface area contributed by atoms with Crippen molar-refractivity contribution in [2.45, 2.75) is 219 Å². The quantitative estimate of drug-likeness (QED) is 0.0211. The number of carboxylic acids is 1. The molecule has 0 amide bonds. The predicted octanol–water partition coefficient (Wildman–Crippen LogP) is 16.9. The Morgan fingerprint density at radius 3 is 1.15 bits per heavy atom. The fraction of sp³-hybridized carbons (Fsp3) is 0.641. The molecule has 73 heavy (non-hydrogen) atoms. The van der Waals surface area contributed by atoms with Crippen LogP contribution < -0.4 is 0 Å². The SMILES string of the molecule is CC/C=C\C/C=C\C/C=C\C/C=C\C/C=C\C/C=C\CCCCCCCCCCCCCCCCCCC(=O)OC(COC(=O)CC/C=C\C/C=C\C/C=C\C/C=C\CC)COC(OCC[N+](C)(C)C)C(=O)O. The number of nitrogens with zero attached hydrogens (tertiary/aromatic N) is 1. The van der Waals surface area contributed by atoms with E-state index in [1.807, 2.05) is 33.3 Å². The molecule has 9 heteroatoms. The average Bonchev–Trinajstić information content (AvgIpc) is 3.36. The molecule has 1 N–H and O–H groups in total. The lowest BCUT2D eigenvalue weighted by Crippen LogP contribution is -2.40. The van der Waals surface area contributed by atoms with Crippen molar-refractivity contribution in [1.82, 2.24) is 0 Å². The molecule has 0 saturated heterocycles. The van der Waals surface area contributed by atoms with Crippen molar-refractivity contribution < 1.29 is 42.9 Å². The molecule has 0 radical (unpaired) electrons. The zero-order valence-electron chi connectivity index (χ0n) is 47.0. The van der Waals surface area contributed by atoms with Gasteiger partial charge in [-0.05, 0) is 89.9 Å². The van der Waals surface area contributed by atoms with Crippen LogP contribution in [0.5, 0.6) is 0 Å². The van der Waals surface area contributed by atoms with Crippen LogP contribution in [0.3, 0.4) is 0 Å². The Balaban J connectivity index is 4.14. The maximum atomic E-state index is 12.8. The Labute approximate surface area is 447 Å². The number of unbranched alkanes of at least 4 members (excludes halogenated alkanes) is 16. The van der Waals surface area contributed by atoms with Crippen LogP contribution in [-0.4, -0.2) is 87.4 Å². The van der Waals surface area contributed by atoms with E-state index in [0.29, 0.717) is 23.9 Å². The fourth-order valence-corrected chi connectivity index (χ4v) is 7.38. The van der Waals surface area contributed by atoms with Gasteiger partial charge in [0.25, 0.3) is 6.29 Å². The molecule has 2 unspecified atom stereocenters. The summed E-state index contributed by atoms with van der Waals surface area (Å²) in [5, 5.41) is 9.68. The smallest absolute Gasteiger partial charge is 0.361 e. The topological polar surface area (TPSA) is 108 Å². The summed E-state index contributed by atoms with van der Waals surface area (Å²) in [6.45, 7) is 4.54. The second-order valence-corrected chi connectivity index (χ2v) is 19.8. The van der Waals surface area contributed by atoms with Crippen molar-refractivity contribution in [1.29, 1.82) is 0 Å². The predicted molar refractivity (Wildman–Crippen MR) is 308 cm³/mol. The molecule has 0 aromatic heterocycles. The summed E-state index contributed by atoms with van der Waals surface area (Å²) in [5.74, 6) is -2.12. The minimum atomic E-state index is -1.53. The molecule has 0 bridgehead atoms. The van der Waals surface area contributed by atoms with Gasteiger partial charge in [-0.15, -0.1) is 0 Å². The normalized spacial score (nSPS) is 13.7. The van der Waals surface area contributed by atoms with Crippen molar-refractivity contribution in [3.63, 3.8) is 0 Å². The van der Waals surface area contributed by atoms with E-state index >= 15 is 0 Å². The van der Waals surface area contributed by atoms with Crippen LogP contribution in [0.15, 0.2) is 122 Å². The minimum absolute atomic E-state index is 0.172. The molecule has 0 aromatic rings. The molecular formula is C64H106NO8+. The van der Waals surface area contributed by atoms with Crippen molar-refractivity contribution in [2.24, 2.45) is 0 Å². The second-order valence-electron chi connectivity index (χ2n) is 19.8. The summed E-state index contributed by atoms with van der Waals surface area (Å²) in [6, 6.07) is 0. The highest BCUT2D eigenvalue weighted by molar-refractivity contribution is 5.71. The first-order valence-electron chi connectivity index (χ1n) is 28.7. The third-order valence-corrected chi connectivity index (χ3v) is 11.7. The molecule has 0 aliphatic rings. The van der Waals surface area contributed by atoms with E-state index in [1.54, 1.807) is 0 Å². The summed E-state index contributed by atoms with van der Waals surface area (Å²) >= 11 is 0. The number of carbonyl (C=O) groups excluding carboxylic acids is 2. The van der Waals surface area contributed by atoms with E-state index in [4.69, 9.17) is 18.9 Å². The summed E-state index contributed by atoms with van der Waals surface area (Å²) < 4.78 is 22.7. The first kappa shape index (κ1) is 68.7. The zero-order valence-corrected chi connectivity index (χ0v) is 47.0. The largest absolute Gasteiger partial charge is 0.477 e. The van der Waals surface area contributed by atoms with Gasteiger partial charge < -0.3 is 28.5 Å². The number of allylic oxidation sites excluding steroid dienone is 20. The molecule has 0 heterocycles. The summed E-state index contributed by atoms with van der Waals surface area (Å²) in [5.41, 5.74) is 0. The van der Waals surface area contributed by atoms with Crippen LogP contribution in [0.1, 0.15) is 206 Å². The van der Waals surface area contributed by atoms with Crippen LogP contribution in [0.2, 0.25) is 0 Å². The van der Waals surface area contributed by atoms with Gasteiger partial charge in [0.15, 0.2) is 6.10 Å². The van der Waals surface area contributed by atoms with Crippen molar-refractivity contribution in [3.8, 4) is 0 Å². The number of rotatable bonds is 51. The van der Waals surface area contributed by atoms with Gasteiger partial charge in [0.05, 0.1) is 34.4 Å². The summed E-state index contributed by atoms with van der Waals surface area (Å²) in [6.07, 6.45) is 73.2. The van der Waals surface area contributed by atoms with Crippen LogP contribution in [0.4, 0.5) is 0 Å². The molecule has 9 nitrogen and oxygen atoms in total. The number of esters is 2. The monoisotopic (exact) mass is 1020 g/mol. The molecule has 0 aliphatic heterocycles. The van der Waals surface area contributed by atoms with Gasteiger partial charge in [-0.2, -0.15) is 0 Å². The highest BCUT2D eigenvalue weighted by Crippen LogP contribution is 2.15. The Bertz CT molecular complexity index is 1610. The van der Waals surface area contributed by atoms with Crippen molar-refractivity contribution in [3.05, 3.63) is 122 Å². The molecule has 0 spiro atoms. The van der Waals surface area contributed by atoms with Gasteiger partial charge in [-0.25, -0.2) is 4.79 Å². The molecule has 0 fully saturated rings. The van der Waals surface area contributed by atoms with Crippen LogP contribution in [0.25, 0.3) is 0 Å². The lowest BCUT2D eigenvalue weighted by atomic mass is 10.0. The van der Waals surface area contributed by atoms with Gasteiger partial charge in [0.2, 0.25) is 0 Å². The van der Waals surface area contributed by atoms with Crippen LogP contribution in [-0.2, 0) is 33.3 Å². The van der Waals surface area contributed by atoms with Crippen molar-refractivity contribution in [2.75, 3.05) is 47.5 Å². The number of ether oxygens (including phenoxy) is 4. The third kappa shape index (κ3) is 55.3. The molecule has 0 rings (SSSR count). The van der Waals surface area contributed by atoms with E-state index in [0.717, 1.165) is 83.5 Å². The third-order valence-electron chi connectivity index (χ3n) is 11.7. The number of hydrogen-bond donors (Lipinski definition) is 1. The van der Waals surface area contributed by atoms with Crippen LogP contribution in [0, 0.1) is 0 Å². The van der Waals surface area contributed by atoms with Gasteiger partial charge in [-0.3, -0.25) is 9.59 Å². The van der Waals surface area contributed by atoms with Gasteiger partial charge >= 0.3 is 17.9 Å². The Kier molecular flexibility index (Phi) is 50.8. The number of carboxylic acid groups (broad SMARTS) is 1. The first-order chi connectivity index (χ1) is 35.6. The number of carbonyl (C=O) groups is 3. The van der Waals surface area contributed by atoms with E-state index in [2.05, 4.69) is 123 Å². The Morgan fingerprint density at radius 1 is 0.411 bits per heavy atom. The number of aliphatic carboxylic acids is 1. The number of quaternary nitrogens is 1. The highest BCUT2D eigenvalue weighted by Gasteiger charge is 2.25. The van der Waals surface area contributed by atoms with E-state index < -0.39 is 30.3 Å². The maximum Gasteiger partial charge on any atom is 0.361 e. The lowest BCUT2D eigenvalue weighted by Gasteiger charge is -2.25. The summed E-state index contributed by atoms with van der Waals surface area (Å²) in [7, 11) is 5.94. The first-order valence-corrected chi connectivity index (χ1v) is 28.7. The van der Waals surface area contributed by atoms with Gasteiger partial charge in [-0.1, -0.05) is 225 Å². The Hall–Kier alpha value is -4.31. The van der Waals surface area contributed by atoms with E-state index in [9.17, 15) is 19.5 Å². The van der Waals surface area contributed by atoms with Gasteiger partial charge in [0.1, 0.15) is 13.2 Å². The molecule has 414 valence electrons. The Morgan fingerprint density at radius 2 is 0.767 bits per heavy atom. The highest BCUT2D eigenvalue weighted by atomic mass is 16.7. The maximum absolute atomic E-state index is 12.8. The summed E-state index contributed by atoms with van der Waals surface area (Å²) in [4.78, 5) is 37.3. The van der Waals surface area contributed by atoms with Crippen molar-refractivity contribution >= 4 is 17.9 Å². The molecule has 0 aromatic carbocycles. The minimum Gasteiger partial charge on any atom is -0.477 e. The fourth-order valence-electron chi connectivity index (χ4n) is 7.38.